The largest absolute Gasteiger partial charge is 0.389 e. The molecule has 3 saturated carbocycles. The lowest BCUT2D eigenvalue weighted by Crippen LogP contribution is -2.50. The minimum atomic E-state index is -0.237. The van der Waals surface area contributed by atoms with Gasteiger partial charge in [0.05, 0.1) is 6.10 Å². The van der Waals surface area contributed by atoms with Crippen molar-refractivity contribution in [3.63, 3.8) is 0 Å². The summed E-state index contributed by atoms with van der Waals surface area (Å²) >= 11 is 0. The van der Waals surface area contributed by atoms with Gasteiger partial charge in [0.1, 0.15) is 0 Å². The molecule has 0 heterocycles. The van der Waals surface area contributed by atoms with Crippen molar-refractivity contribution in [2.24, 2.45) is 22.2 Å². The second-order valence-corrected chi connectivity index (χ2v) is 7.32. The first kappa shape index (κ1) is 10.8. The van der Waals surface area contributed by atoms with Gasteiger partial charge in [0.25, 0.3) is 0 Å². The van der Waals surface area contributed by atoms with Gasteiger partial charge in [-0.1, -0.05) is 33.8 Å². The summed E-state index contributed by atoms with van der Waals surface area (Å²) in [5.41, 5.74) is 2.40. The van der Waals surface area contributed by atoms with Gasteiger partial charge in [0.2, 0.25) is 0 Å². The fourth-order valence-corrected chi connectivity index (χ4v) is 5.38. The number of hydrogen-bond donors (Lipinski definition) is 1. The molecule has 4 atom stereocenters. The van der Waals surface area contributed by atoms with E-state index in [9.17, 15) is 5.11 Å². The zero-order chi connectivity index (χ0) is 11.8. The van der Waals surface area contributed by atoms with Crippen molar-refractivity contribution in [2.75, 3.05) is 0 Å². The van der Waals surface area contributed by atoms with Crippen LogP contribution >= 0.6 is 0 Å². The highest BCUT2D eigenvalue weighted by molar-refractivity contribution is 5.34. The molecular weight excluding hydrogens is 196 g/mol. The third-order valence-corrected chi connectivity index (χ3v) is 6.30. The van der Waals surface area contributed by atoms with E-state index in [1.807, 2.05) is 0 Å². The molecule has 0 aromatic rings. The SMILES string of the molecule is C=C1[C@@H](O)C[C@]2(C)CCCC(C)(C)[C@@]23C[C@@H]13. The maximum Gasteiger partial charge on any atom is 0.0755 e. The van der Waals surface area contributed by atoms with E-state index in [-0.39, 0.29) is 6.10 Å². The van der Waals surface area contributed by atoms with Crippen LogP contribution in [0.5, 0.6) is 0 Å². The topological polar surface area (TPSA) is 20.2 Å². The molecule has 1 N–H and O–H groups in total. The van der Waals surface area contributed by atoms with E-state index in [1.165, 1.54) is 25.7 Å². The van der Waals surface area contributed by atoms with E-state index in [0.717, 1.165) is 12.0 Å². The second kappa shape index (κ2) is 2.75. The Bertz CT molecular complexity index is 356. The Kier molecular flexibility index (Phi) is 1.86. The van der Waals surface area contributed by atoms with Gasteiger partial charge in [0.15, 0.2) is 0 Å². The summed E-state index contributed by atoms with van der Waals surface area (Å²) in [5, 5.41) is 10.1. The molecule has 0 unspecified atom stereocenters. The molecule has 0 bridgehead atoms. The van der Waals surface area contributed by atoms with Gasteiger partial charge >= 0.3 is 0 Å². The van der Waals surface area contributed by atoms with Crippen LogP contribution in [0.4, 0.5) is 0 Å². The highest BCUT2D eigenvalue weighted by Crippen LogP contribution is 2.81. The monoisotopic (exact) mass is 220 g/mol. The summed E-state index contributed by atoms with van der Waals surface area (Å²) in [4.78, 5) is 0. The third kappa shape index (κ3) is 0.971. The first-order valence-electron chi connectivity index (χ1n) is 6.71. The van der Waals surface area contributed by atoms with E-state index in [0.29, 0.717) is 22.2 Å². The average Bonchev–Trinajstić information content (AvgIpc) is 2.89. The zero-order valence-electron chi connectivity index (χ0n) is 10.8. The number of rotatable bonds is 0. The van der Waals surface area contributed by atoms with Crippen molar-refractivity contribution in [3.05, 3.63) is 12.2 Å². The molecule has 0 aromatic carbocycles. The van der Waals surface area contributed by atoms with Gasteiger partial charge in [-0.05, 0) is 53.4 Å². The minimum absolute atomic E-state index is 0.237. The molecule has 0 aliphatic heterocycles. The van der Waals surface area contributed by atoms with Gasteiger partial charge < -0.3 is 5.11 Å². The molecule has 3 aliphatic carbocycles. The lowest BCUT2D eigenvalue weighted by Gasteiger charge is -2.56. The van der Waals surface area contributed by atoms with Crippen molar-refractivity contribution < 1.29 is 5.11 Å². The molecule has 0 radical (unpaired) electrons. The normalized spacial score (nSPS) is 54.1. The minimum Gasteiger partial charge on any atom is -0.389 e. The van der Waals surface area contributed by atoms with Crippen molar-refractivity contribution in [2.45, 2.75) is 59.0 Å². The molecule has 1 nitrogen and oxygen atoms in total. The van der Waals surface area contributed by atoms with E-state index >= 15 is 0 Å². The van der Waals surface area contributed by atoms with Crippen LogP contribution in [0.2, 0.25) is 0 Å². The maximum atomic E-state index is 10.1. The van der Waals surface area contributed by atoms with Gasteiger partial charge in [-0.25, -0.2) is 0 Å². The molecule has 16 heavy (non-hydrogen) atoms. The molecular formula is C15H24O. The smallest absolute Gasteiger partial charge is 0.0755 e. The van der Waals surface area contributed by atoms with Gasteiger partial charge in [-0.3, -0.25) is 0 Å². The van der Waals surface area contributed by atoms with Crippen LogP contribution in [-0.2, 0) is 0 Å². The first-order valence-corrected chi connectivity index (χ1v) is 6.71. The second-order valence-electron chi connectivity index (χ2n) is 7.32. The molecule has 1 heteroatoms. The molecule has 3 aliphatic rings. The van der Waals surface area contributed by atoms with Crippen LogP contribution in [0.15, 0.2) is 12.2 Å². The van der Waals surface area contributed by atoms with Crippen LogP contribution in [-0.4, -0.2) is 11.2 Å². The zero-order valence-corrected chi connectivity index (χ0v) is 10.8. The Morgan fingerprint density at radius 3 is 2.56 bits per heavy atom. The summed E-state index contributed by atoms with van der Waals surface area (Å²) in [6, 6.07) is 0. The van der Waals surface area contributed by atoms with Crippen molar-refractivity contribution in [1.82, 2.24) is 0 Å². The Morgan fingerprint density at radius 1 is 1.19 bits per heavy atom. The fourth-order valence-electron chi connectivity index (χ4n) is 5.38. The van der Waals surface area contributed by atoms with E-state index in [1.54, 1.807) is 0 Å². The van der Waals surface area contributed by atoms with Gasteiger partial charge in [-0.15, -0.1) is 0 Å². The van der Waals surface area contributed by atoms with E-state index in [4.69, 9.17) is 0 Å². The quantitative estimate of drug-likeness (QED) is 0.619. The third-order valence-electron chi connectivity index (χ3n) is 6.30. The summed E-state index contributed by atoms with van der Waals surface area (Å²) in [6.45, 7) is 11.5. The summed E-state index contributed by atoms with van der Waals surface area (Å²) in [5.74, 6) is 0.608. The van der Waals surface area contributed by atoms with E-state index < -0.39 is 0 Å². The predicted octanol–water partition coefficient (Wildman–Crippen LogP) is 3.53. The highest BCUT2D eigenvalue weighted by Gasteiger charge is 2.74. The predicted molar refractivity (Wildman–Crippen MR) is 66.0 cm³/mol. The first-order chi connectivity index (χ1) is 7.34. The lowest BCUT2D eigenvalue weighted by molar-refractivity contribution is -0.0728. The molecule has 1 spiro atoms. The Balaban J connectivity index is 2.06. The maximum absolute atomic E-state index is 10.1. The van der Waals surface area contributed by atoms with Crippen LogP contribution in [0.25, 0.3) is 0 Å². The Hall–Kier alpha value is -0.300. The average molecular weight is 220 g/mol. The van der Waals surface area contributed by atoms with Crippen molar-refractivity contribution in [3.8, 4) is 0 Å². The summed E-state index contributed by atoms with van der Waals surface area (Å²) in [6.07, 6.45) is 5.98. The number of aliphatic hydroxyl groups is 1. The fraction of sp³-hybridized carbons (Fsp3) is 0.867. The summed E-state index contributed by atoms with van der Waals surface area (Å²) in [7, 11) is 0. The van der Waals surface area contributed by atoms with Crippen LogP contribution in [0, 0.1) is 22.2 Å². The van der Waals surface area contributed by atoms with Crippen LogP contribution < -0.4 is 0 Å². The molecule has 90 valence electrons. The lowest BCUT2D eigenvalue weighted by atomic mass is 9.49. The van der Waals surface area contributed by atoms with Crippen molar-refractivity contribution in [1.29, 1.82) is 0 Å². The Morgan fingerprint density at radius 2 is 1.88 bits per heavy atom. The van der Waals surface area contributed by atoms with Gasteiger partial charge in [-0.2, -0.15) is 0 Å². The standard InChI is InChI=1S/C15H24O/c1-10-11-8-15(11)13(2,3)6-5-7-14(15,4)9-12(10)16/h11-12,16H,1,5-9H2,2-4H3/t11-,12-,14-,15-/m0/s1. The number of hydrogen-bond acceptors (Lipinski definition) is 1. The summed E-state index contributed by atoms with van der Waals surface area (Å²) < 4.78 is 0. The number of aliphatic hydroxyl groups excluding tert-OH is 1. The van der Waals surface area contributed by atoms with E-state index in [2.05, 4.69) is 27.4 Å². The van der Waals surface area contributed by atoms with Crippen LogP contribution in [0.3, 0.4) is 0 Å². The van der Waals surface area contributed by atoms with Crippen LogP contribution in [0.1, 0.15) is 52.9 Å². The molecule has 3 rings (SSSR count). The van der Waals surface area contributed by atoms with Gasteiger partial charge in [0, 0.05) is 0 Å². The Labute approximate surface area is 98.9 Å². The molecule has 0 amide bonds. The molecule has 0 saturated heterocycles. The highest BCUT2D eigenvalue weighted by atomic mass is 16.3. The molecule has 3 fully saturated rings. The van der Waals surface area contributed by atoms with Crippen molar-refractivity contribution >= 4 is 0 Å². The molecule has 0 aromatic heterocycles.